The van der Waals surface area contributed by atoms with Crippen molar-refractivity contribution in [1.82, 2.24) is 10.5 Å². The minimum absolute atomic E-state index is 0.216. The number of hydroxylamine groups is 1. The number of benzene rings is 2. The molecule has 0 bridgehead atoms. The normalized spacial score (nSPS) is 15.3. The van der Waals surface area contributed by atoms with Gasteiger partial charge in [0.1, 0.15) is 17.4 Å². The maximum atomic E-state index is 12.6. The van der Waals surface area contributed by atoms with E-state index in [9.17, 15) is 18.8 Å². The quantitative estimate of drug-likeness (QED) is 0.184. The summed E-state index contributed by atoms with van der Waals surface area (Å²) in [6.45, 7) is 0. The van der Waals surface area contributed by atoms with Crippen molar-refractivity contribution in [3.05, 3.63) is 65.5 Å². The lowest BCUT2D eigenvalue weighted by Gasteiger charge is -2.28. The molecule has 2 aromatic heterocycles. The largest absolute Gasteiger partial charge is 0.461 e. The summed E-state index contributed by atoms with van der Waals surface area (Å²) in [6.07, 6.45) is 6.59. The van der Waals surface area contributed by atoms with Gasteiger partial charge in [-0.1, -0.05) is 18.2 Å². The van der Waals surface area contributed by atoms with Gasteiger partial charge in [-0.05, 0) is 55.9 Å². The van der Waals surface area contributed by atoms with Gasteiger partial charge in [0.25, 0.3) is 17.2 Å². The molecule has 0 saturated heterocycles. The Hall–Kier alpha value is -3.14. The van der Waals surface area contributed by atoms with Gasteiger partial charge in [-0.3, -0.25) is 18.9 Å². The van der Waals surface area contributed by atoms with Crippen molar-refractivity contribution in [2.24, 2.45) is 0 Å². The Labute approximate surface area is 193 Å². The number of H-pyrrole nitrogens is 1. The molecular weight excluding hydrogens is 442 g/mol. The van der Waals surface area contributed by atoms with Crippen LogP contribution in [-0.4, -0.2) is 30.9 Å². The predicted octanol–water partition coefficient (Wildman–Crippen LogP) is 4.24. The maximum Gasteiger partial charge on any atom is 0.267 e. The first-order valence-electron chi connectivity index (χ1n) is 11.0. The van der Waals surface area contributed by atoms with Crippen molar-refractivity contribution in [3.8, 4) is 0 Å². The van der Waals surface area contributed by atoms with E-state index in [-0.39, 0.29) is 6.42 Å². The molecule has 2 unspecified atom stereocenters. The van der Waals surface area contributed by atoms with Gasteiger partial charge in [0.15, 0.2) is 0 Å². The van der Waals surface area contributed by atoms with Crippen LogP contribution in [0.3, 0.4) is 0 Å². The Morgan fingerprint density at radius 1 is 1.18 bits per heavy atom. The molecule has 2 atom stereocenters. The Bertz CT molecular complexity index is 1340. The summed E-state index contributed by atoms with van der Waals surface area (Å²) in [7, 11) is 0. The molecule has 2 aromatic carbocycles. The van der Waals surface area contributed by atoms with Crippen LogP contribution in [0.25, 0.3) is 21.9 Å². The second-order valence-electron chi connectivity index (χ2n) is 8.34. The van der Waals surface area contributed by atoms with Crippen LogP contribution in [0.15, 0.2) is 53.1 Å². The van der Waals surface area contributed by atoms with E-state index >= 15 is 0 Å². The molecular formula is C24H25N3O5S. The van der Waals surface area contributed by atoms with Gasteiger partial charge in [-0.15, -0.1) is 0 Å². The van der Waals surface area contributed by atoms with Crippen LogP contribution in [0.5, 0.6) is 0 Å². The summed E-state index contributed by atoms with van der Waals surface area (Å²) in [5.74, 6) is 0.213. The minimum atomic E-state index is -2.50. The zero-order valence-electron chi connectivity index (χ0n) is 17.9. The molecule has 0 aliphatic heterocycles. The average molecular weight is 468 g/mol. The Morgan fingerprint density at radius 2 is 2.00 bits per heavy atom. The number of aromatic amines is 1. The number of para-hydroxylation sites is 1. The highest BCUT2D eigenvalue weighted by Crippen LogP contribution is 2.35. The monoisotopic (exact) mass is 467 g/mol. The molecule has 2 heterocycles. The summed E-state index contributed by atoms with van der Waals surface area (Å²) >= 11 is -2.50. The molecule has 33 heavy (non-hydrogen) atoms. The van der Waals surface area contributed by atoms with Crippen LogP contribution >= 0.6 is 0 Å². The number of nitrogens with zero attached hydrogens (tertiary/aromatic N) is 1. The van der Waals surface area contributed by atoms with Crippen molar-refractivity contribution in [2.75, 3.05) is 4.31 Å². The molecule has 0 saturated carbocycles. The van der Waals surface area contributed by atoms with Gasteiger partial charge in [-0.25, -0.2) is 9.69 Å². The van der Waals surface area contributed by atoms with Crippen molar-refractivity contribution >= 4 is 44.7 Å². The van der Waals surface area contributed by atoms with E-state index in [2.05, 4.69) is 4.98 Å². The van der Waals surface area contributed by atoms with E-state index in [0.717, 1.165) is 57.6 Å². The van der Waals surface area contributed by atoms with Crippen LogP contribution < -0.4 is 9.79 Å². The number of aryl methyl sites for hydroxylation is 3. The summed E-state index contributed by atoms with van der Waals surface area (Å²) in [6, 6.07) is 12.0. The Balaban J connectivity index is 1.48. The van der Waals surface area contributed by atoms with E-state index in [1.807, 2.05) is 36.5 Å². The Morgan fingerprint density at radius 3 is 2.82 bits per heavy atom. The number of rotatable bonds is 7. The fourth-order valence-corrected chi connectivity index (χ4v) is 5.54. The minimum Gasteiger partial charge on any atom is -0.461 e. The predicted molar refractivity (Wildman–Crippen MR) is 126 cm³/mol. The van der Waals surface area contributed by atoms with Crippen molar-refractivity contribution in [2.45, 2.75) is 44.6 Å². The highest BCUT2D eigenvalue weighted by Gasteiger charge is 2.31. The summed E-state index contributed by atoms with van der Waals surface area (Å²) in [5.41, 5.74) is 5.83. The third-order valence-electron chi connectivity index (χ3n) is 6.42. The smallest absolute Gasteiger partial charge is 0.267 e. The number of nitrogens with one attached hydrogen (secondary N) is 2. The van der Waals surface area contributed by atoms with Gasteiger partial charge < -0.3 is 9.40 Å². The highest BCUT2D eigenvalue weighted by atomic mass is 32.2. The number of carbonyl (C=O) groups excluding carboxylic acids is 1. The number of furan rings is 1. The van der Waals surface area contributed by atoms with E-state index in [1.54, 1.807) is 17.6 Å². The molecule has 0 spiro atoms. The number of hydrogen-bond donors (Lipinski definition) is 4. The highest BCUT2D eigenvalue weighted by molar-refractivity contribution is 7.80. The molecule has 0 fully saturated rings. The third-order valence-corrected chi connectivity index (χ3v) is 7.22. The molecule has 172 valence electrons. The molecule has 0 radical (unpaired) electrons. The number of aromatic nitrogens is 1. The molecule has 9 heteroatoms. The van der Waals surface area contributed by atoms with Crippen LogP contribution in [0.4, 0.5) is 5.69 Å². The van der Waals surface area contributed by atoms with Gasteiger partial charge in [-0.2, -0.15) is 0 Å². The zero-order valence-corrected chi connectivity index (χ0v) is 18.7. The summed E-state index contributed by atoms with van der Waals surface area (Å²) < 4.78 is 29.7. The lowest BCUT2D eigenvalue weighted by atomic mass is 9.96. The molecule has 1 amide bonds. The van der Waals surface area contributed by atoms with Crippen molar-refractivity contribution < 1.29 is 23.2 Å². The molecule has 4 aromatic rings. The molecule has 8 nitrogen and oxygen atoms in total. The van der Waals surface area contributed by atoms with E-state index in [1.165, 1.54) is 5.56 Å². The van der Waals surface area contributed by atoms with Crippen LogP contribution in [0, 0.1) is 0 Å². The lowest BCUT2D eigenvalue weighted by Crippen LogP contribution is -2.47. The molecule has 1 aliphatic carbocycles. The number of fused-ring (bicyclic) bond motifs is 4. The van der Waals surface area contributed by atoms with Crippen LogP contribution in [-0.2, 0) is 35.3 Å². The summed E-state index contributed by atoms with van der Waals surface area (Å²) in [5, 5.41) is 11.4. The van der Waals surface area contributed by atoms with Gasteiger partial charge >= 0.3 is 0 Å². The van der Waals surface area contributed by atoms with Crippen molar-refractivity contribution in [1.29, 1.82) is 0 Å². The molecule has 1 aliphatic rings. The first-order valence-corrected chi connectivity index (χ1v) is 12.1. The Kier molecular flexibility index (Phi) is 5.92. The summed E-state index contributed by atoms with van der Waals surface area (Å²) in [4.78, 5) is 15.8. The third kappa shape index (κ3) is 4.03. The number of carbonyl (C=O) groups is 1. The standard InChI is InChI=1S/C24H25N3O5S/c28-24(26-29)21(12-9-15-14-25-20-7-3-1-5-17(15)20)27(33(30)31)16-10-11-19-18-6-2-4-8-22(18)32-23(19)13-16/h1,3,5,7,10-11,13-14,21,25,29H,2,4,6,8-9,12H2,(H,26,28)(H,30,31). The maximum absolute atomic E-state index is 12.6. The first-order chi connectivity index (χ1) is 16.1. The van der Waals surface area contributed by atoms with Gasteiger partial charge in [0, 0.05) is 40.5 Å². The zero-order chi connectivity index (χ0) is 22.9. The van der Waals surface area contributed by atoms with E-state index < -0.39 is 23.2 Å². The fraction of sp³-hybridized carbons (Fsp3) is 0.292. The molecule has 5 rings (SSSR count). The first kappa shape index (κ1) is 21.7. The number of amides is 1. The second-order valence-corrected chi connectivity index (χ2v) is 9.19. The van der Waals surface area contributed by atoms with Crippen LogP contribution in [0.1, 0.15) is 36.1 Å². The number of hydrogen-bond acceptors (Lipinski definition) is 4. The second kappa shape index (κ2) is 9.01. The van der Waals surface area contributed by atoms with Gasteiger partial charge in [0.2, 0.25) is 0 Å². The van der Waals surface area contributed by atoms with Crippen molar-refractivity contribution in [3.63, 3.8) is 0 Å². The molecule has 4 N–H and O–H groups in total. The number of anilines is 1. The lowest BCUT2D eigenvalue weighted by molar-refractivity contribution is -0.130. The fourth-order valence-electron chi connectivity index (χ4n) is 4.83. The topological polar surface area (TPSA) is 119 Å². The van der Waals surface area contributed by atoms with Crippen LogP contribution in [0.2, 0.25) is 0 Å². The van der Waals surface area contributed by atoms with Gasteiger partial charge in [0.05, 0.1) is 5.69 Å². The average Bonchev–Trinajstić information content (AvgIpc) is 3.41. The SMILES string of the molecule is O=C(NO)C(CCc1c[nH]c2ccccc12)N(c1ccc2c3c(oc2c1)CCCC3)S(=O)O. The van der Waals surface area contributed by atoms with E-state index in [4.69, 9.17) is 4.42 Å². The van der Waals surface area contributed by atoms with E-state index in [0.29, 0.717) is 17.7 Å².